The van der Waals surface area contributed by atoms with Gasteiger partial charge in [-0.2, -0.15) is 0 Å². The largest absolute Gasteiger partial charge is 0.366 e. The molecule has 0 N–H and O–H groups in total. The Morgan fingerprint density at radius 3 is 1.45 bits per heavy atom. The minimum atomic E-state index is -2.78. The third-order valence-electron chi connectivity index (χ3n) is 13.7. The van der Waals surface area contributed by atoms with Crippen LogP contribution in [-0.4, -0.2) is 22.0 Å². The molecule has 0 bridgehead atoms. The summed E-state index contributed by atoms with van der Waals surface area (Å²) in [5.74, 6) is 2.18. The molecule has 0 aliphatic rings. The number of fused-ring (bicyclic) bond motifs is 6. The Labute approximate surface area is 424 Å². The minimum absolute atomic E-state index is 0. The van der Waals surface area contributed by atoms with Crippen LogP contribution >= 0.6 is 0 Å². The molecule has 0 spiro atoms. The quantitative estimate of drug-likeness (QED) is 0.0593. The van der Waals surface area contributed by atoms with Crippen LogP contribution in [0.25, 0.3) is 50.3 Å². The summed E-state index contributed by atoms with van der Waals surface area (Å²) >= 11 is 0. The second-order valence-corrected chi connectivity index (χ2v) is 23.2. The molecule has 0 unspecified atom stereocenters. The molecule has 11 rings (SSSR count). The maximum atomic E-state index is 4.50. The molecule has 0 fully saturated rings. The maximum absolute atomic E-state index is 4.50. The van der Waals surface area contributed by atoms with Crippen LogP contribution < -0.4 is 30.3 Å². The van der Waals surface area contributed by atoms with Gasteiger partial charge in [-0.1, -0.05) is 250 Å². The number of aromatic nitrogens is 5. The fourth-order valence-electron chi connectivity index (χ4n) is 10.5. The van der Waals surface area contributed by atoms with Crippen molar-refractivity contribution in [3.8, 4) is 11.4 Å². The standard InChI is InChI=1S/C49H52N2Si.C13H8N3.Au/c1-34(2)42-26-18-27-43(35(3)4)48(42)50-33-51(49-44(36(5)6)28-19-29-45(49)37(7)8)47-32-41(30-31-46(47)50)52(38-20-12-9-13-21-38,39-22-14-10-15-23-39)40-24-16-11-17-25-40;1-3-7-11-9(5-1)14-13-15-10-6-2-4-8-12(10)16(11)13;/h9-32,34-37H,1-8H3;1-8H;/q;-1;. The third-order valence-corrected chi connectivity index (χ3v) is 18.5. The van der Waals surface area contributed by atoms with Crippen LogP contribution in [0.3, 0.4) is 0 Å². The van der Waals surface area contributed by atoms with Gasteiger partial charge in [-0.3, -0.25) is 9.13 Å². The molecule has 0 saturated carbocycles. The van der Waals surface area contributed by atoms with E-state index in [-0.39, 0.29) is 22.4 Å². The van der Waals surface area contributed by atoms with Gasteiger partial charge in [-0.25, -0.2) is 0 Å². The smallest absolute Gasteiger partial charge is 0.269 e. The zero-order valence-electron chi connectivity index (χ0n) is 40.8. The average molecular weight is 1100 g/mol. The summed E-state index contributed by atoms with van der Waals surface area (Å²) in [4.78, 5) is 9.01. The van der Waals surface area contributed by atoms with Crippen LogP contribution in [0.15, 0.2) is 194 Å². The molecule has 8 aromatic carbocycles. The van der Waals surface area contributed by atoms with E-state index in [2.05, 4.69) is 243 Å². The number of hydrogen-bond donors (Lipinski definition) is 0. The SMILES string of the molecule is CC(C)c1cccc(C(C)C)c1-n1[c-][n+](-c2c(C(C)C)cccc2C(C)C)c2ccc([Si](c3ccccc3)(c3ccccc3)c3ccccc3)cc21.[Au].c1ccc2c(c1)nc1[n-]c3ccccc3n12. The van der Waals surface area contributed by atoms with Crippen LogP contribution in [0, 0.1) is 6.33 Å². The fraction of sp³-hybridized carbons (Fsp3) is 0.194. The van der Waals surface area contributed by atoms with Gasteiger partial charge >= 0.3 is 0 Å². The number of nitrogens with zero attached hydrogens (tertiary/aromatic N) is 5. The van der Waals surface area contributed by atoms with Crippen molar-refractivity contribution < 1.29 is 26.9 Å². The second kappa shape index (κ2) is 19.8. The summed E-state index contributed by atoms with van der Waals surface area (Å²) < 4.78 is 6.91. The Bertz CT molecular complexity index is 3320. The van der Waals surface area contributed by atoms with Gasteiger partial charge < -0.3 is 14.4 Å². The van der Waals surface area contributed by atoms with E-state index in [0.29, 0.717) is 23.7 Å². The van der Waals surface area contributed by atoms with E-state index in [1.54, 1.807) is 0 Å². The average Bonchev–Trinajstić information content (AvgIpc) is 4.05. The van der Waals surface area contributed by atoms with Crippen molar-refractivity contribution in [3.05, 3.63) is 223 Å². The Hall–Kier alpha value is -6.54. The van der Waals surface area contributed by atoms with Crippen molar-refractivity contribution in [3.63, 3.8) is 0 Å². The third kappa shape index (κ3) is 8.44. The van der Waals surface area contributed by atoms with E-state index in [0.717, 1.165) is 27.8 Å². The molecular formula is C62H60AuN5Si-. The maximum Gasteiger partial charge on any atom is 0.269 e. The second-order valence-electron chi connectivity index (χ2n) is 19.3. The van der Waals surface area contributed by atoms with Gasteiger partial charge in [0.05, 0.1) is 22.4 Å². The van der Waals surface area contributed by atoms with Crippen molar-refractivity contribution in [1.82, 2.24) is 18.9 Å². The zero-order chi connectivity index (χ0) is 47.1. The van der Waals surface area contributed by atoms with Gasteiger partial charge in [0.25, 0.3) is 6.33 Å². The first-order valence-corrected chi connectivity index (χ1v) is 26.3. The normalized spacial score (nSPS) is 11.9. The van der Waals surface area contributed by atoms with Crippen molar-refractivity contribution in [2.45, 2.75) is 79.1 Å². The first kappa shape index (κ1) is 47.5. The zero-order valence-corrected chi connectivity index (χ0v) is 44.0. The van der Waals surface area contributed by atoms with Gasteiger partial charge in [0.2, 0.25) is 0 Å². The van der Waals surface area contributed by atoms with E-state index in [9.17, 15) is 0 Å². The van der Waals surface area contributed by atoms with Crippen LogP contribution in [-0.2, 0) is 22.4 Å². The topological polar surface area (TPSA) is 40.2 Å². The van der Waals surface area contributed by atoms with E-state index in [1.807, 2.05) is 36.4 Å². The molecule has 7 heteroatoms. The predicted octanol–water partition coefficient (Wildman–Crippen LogP) is 12.2. The summed E-state index contributed by atoms with van der Waals surface area (Å²) in [6.45, 7) is 18.5. The summed E-state index contributed by atoms with van der Waals surface area (Å²) in [6.07, 6.45) is 4.05. The monoisotopic (exact) mass is 1100 g/mol. The molecule has 0 atom stereocenters. The molecule has 0 saturated heterocycles. The number of benzene rings is 8. The Balaban J connectivity index is 0.000000290. The van der Waals surface area contributed by atoms with Crippen LogP contribution in [0.1, 0.15) is 101 Å². The van der Waals surface area contributed by atoms with Crippen LogP contribution in [0.4, 0.5) is 0 Å². The molecule has 69 heavy (non-hydrogen) atoms. The van der Waals surface area contributed by atoms with Crippen LogP contribution in [0.5, 0.6) is 0 Å². The summed E-state index contributed by atoms with van der Waals surface area (Å²) in [7, 11) is -2.78. The molecular weight excluding hydrogens is 1040 g/mol. The molecule has 0 aliphatic carbocycles. The van der Waals surface area contributed by atoms with Gasteiger partial charge in [-0.05, 0) is 66.7 Å². The number of imidazole rings is 3. The summed E-state index contributed by atoms with van der Waals surface area (Å²) in [6, 6.07) is 71.0. The predicted molar refractivity (Wildman–Crippen MR) is 287 cm³/mol. The molecule has 3 heterocycles. The number of hydrogen-bond acceptors (Lipinski definition) is 1. The summed E-state index contributed by atoms with van der Waals surface area (Å²) in [5.41, 5.74) is 14.5. The first-order valence-electron chi connectivity index (χ1n) is 24.3. The van der Waals surface area contributed by atoms with E-state index in [1.165, 1.54) is 65.4 Å². The molecule has 11 aromatic rings. The minimum Gasteiger partial charge on any atom is -0.366 e. The Morgan fingerprint density at radius 1 is 0.464 bits per heavy atom. The summed E-state index contributed by atoms with van der Waals surface area (Å²) in [5, 5.41) is 5.48. The number of rotatable bonds is 10. The molecule has 349 valence electrons. The van der Waals surface area contributed by atoms with Crippen molar-refractivity contribution in [1.29, 1.82) is 0 Å². The first-order chi connectivity index (χ1) is 33.1. The van der Waals surface area contributed by atoms with E-state index in [4.69, 9.17) is 0 Å². The van der Waals surface area contributed by atoms with Gasteiger partial charge in [0, 0.05) is 50.2 Å². The van der Waals surface area contributed by atoms with E-state index < -0.39 is 8.07 Å². The molecule has 5 nitrogen and oxygen atoms in total. The van der Waals surface area contributed by atoms with Crippen molar-refractivity contribution in [2.75, 3.05) is 0 Å². The molecule has 0 aliphatic heterocycles. The molecule has 3 aromatic heterocycles. The van der Waals surface area contributed by atoms with Crippen molar-refractivity contribution in [2.24, 2.45) is 0 Å². The molecule has 1 radical (unpaired) electrons. The van der Waals surface area contributed by atoms with Gasteiger partial charge in [0.15, 0.2) is 8.07 Å². The Kier molecular flexibility index (Phi) is 13.7. The van der Waals surface area contributed by atoms with Crippen LogP contribution in [0.2, 0.25) is 0 Å². The van der Waals surface area contributed by atoms with Gasteiger partial charge in [-0.15, -0.1) is 0 Å². The fourth-order valence-corrected chi connectivity index (χ4v) is 15.2. The van der Waals surface area contributed by atoms with Gasteiger partial charge in [0.1, 0.15) is 0 Å². The number of para-hydroxylation sites is 6. The Morgan fingerprint density at radius 2 is 0.928 bits per heavy atom. The van der Waals surface area contributed by atoms with Crippen molar-refractivity contribution >= 4 is 67.7 Å². The molecule has 0 amide bonds. The van der Waals surface area contributed by atoms with E-state index >= 15 is 0 Å².